The van der Waals surface area contributed by atoms with E-state index in [0.29, 0.717) is 6.54 Å². The van der Waals surface area contributed by atoms with Crippen LogP contribution in [-0.4, -0.2) is 36.7 Å². The summed E-state index contributed by atoms with van der Waals surface area (Å²) in [6, 6.07) is 0. The molecule has 0 bridgehead atoms. The number of thiazole rings is 1. The summed E-state index contributed by atoms with van der Waals surface area (Å²) in [5, 5.41) is 7.27. The van der Waals surface area contributed by atoms with E-state index >= 15 is 0 Å². The van der Waals surface area contributed by atoms with Gasteiger partial charge < -0.3 is 15.4 Å². The number of nitrogens with one attached hydrogen (secondary N) is 2. The fraction of sp³-hybridized carbons (Fsp3) is 0.692. The molecule has 2 heterocycles. The van der Waals surface area contributed by atoms with Crippen LogP contribution in [0.1, 0.15) is 28.4 Å². The molecular formula is C13H23Cl2N3O2S. The van der Waals surface area contributed by atoms with Crippen LogP contribution >= 0.6 is 36.2 Å². The molecule has 1 aliphatic heterocycles. The molecule has 2 rings (SSSR count). The number of carbonyl (C=O) groups is 1. The van der Waals surface area contributed by atoms with Gasteiger partial charge in [-0.1, -0.05) is 0 Å². The summed E-state index contributed by atoms with van der Waals surface area (Å²) in [4.78, 5) is 17.8. The Morgan fingerprint density at radius 1 is 1.38 bits per heavy atom. The van der Waals surface area contributed by atoms with E-state index in [1.54, 1.807) is 18.4 Å². The number of hydrogen-bond donors (Lipinski definition) is 2. The molecule has 5 nitrogen and oxygen atoms in total. The first-order valence-electron chi connectivity index (χ1n) is 6.54. The van der Waals surface area contributed by atoms with Gasteiger partial charge in [0.25, 0.3) is 5.91 Å². The molecule has 1 fully saturated rings. The van der Waals surface area contributed by atoms with Gasteiger partial charge >= 0.3 is 0 Å². The van der Waals surface area contributed by atoms with Crippen molar-refractivity contribution in [1.29, 1.82) is 0 Å². The van der Waals surface area contributed by atoms with Gasteiger partial charge in [-0.3, -0.25) is 4.79 Å². The molecule has 8 heteroatoms. The molecule has 1 aromatic rings. The second-order valence-electron chi connectivity index (χ2n) is 4.87. The van der Waals surface area contributed by atoms with Crippen molar-refractivity contribution in [2.24, 2.45) is 0 Å². The van der Waals surface area contributed by atoms with Gasteiger partial charge in [0.1, 0.15) is 5.60 Å². The van der Waals surface area contributed by atoms with Crippen molar-refractivity contribution in [3.63, 3.8) is 0 Å². The first-order valence-corrected chi connectivity index (χ1v) is 7.36. The fourth-order valence-corrected chi connectivity index (χ4v) is 3.29. The van der Waals surface area contributed by atoms with Crippen LogP contribution in [0.15, 0.2) is 0 Å². The van der Waals surface area contributed by atoms with Crippen LogP contribution in [0.3, 0.4) is 0 Å². The van der Waals surface area contributed by atoms with Crippen LogP contribution in [-0.2, 0) is 16.1 Å². The molecule has 1 amide bonds. The van der Waals surface area contributed by atoms with Crippen LogP contribution in [0.4, 0.5) is 0 Å². The number of rotatable bonds is 4. The second kappa shape index (κ2) is 8.90. The number of methoxy groups -OCH3 is 1. The third-order valence-electron chi connectivity index (χ3n) is 3.62. The van der Waals surface area contributed by atoms with E-state index in [1.165, 1.54) is 0 Å². The number of halogens is 2. The molecule has 0 aliphatic carbocycles. The molecule has 0 radical (unpaired) electrons. The highest BCUT2D eigenvalue weighted by molar-refractivity contribution is 7.11. The van der Waals surface area contributed by atoms with Crippen molar-refractivity contribution in [3.05, 3.63) is 15.6 Å². The van der Waals surface area contributed by atoms with Gasteiger partial charge in [0.2, 0.25) is 0 Å². The Bertz CT molecular complexity index is 462. The SMILES string of the molecule is COC1(C(=O)NCc2sc(C)nc2C)CCNCC1.Cl.Cl. The highest BCUT2D eigenvalue weighted by Gasteiger charge is 2.39. The van der Waals surface area contributed by atoms with Gasteiger partial charge in [-0.15, -0.1) is 36.2 Å². The van der Waals surface area contributed by atoms with Gasteiger partial charge in [0, 0.05) is 12.0 Å². The molecule has 1 aliphatic rings. The number of nitrogens with zero attached hydrogens (tertiary/aromatic N) is 1. The lowest BCUT2D eigenvalue weighted by Gasteiger charge is -2.34. The maximum Gasteiger partial charge on any atom is 0.252 e. The summed E-state index contributed by atoms with van der Waals surface area (Å²) >= 11 is 1.63. The quantitative estimate of drug-likeness (QED) is 0.866. The zero-order chi connectivity index (χ0) is 13.9. The normalized spacial score (nSPS) is 16.5. The van der Waals surface area contributed by atoms with Gasteiger partial charge in [0.05, 0.1) is 17.2 Å². The third-order valence-corrected chi connectivity index (χ3v) is 4.70. The standard InChI is InChI=1S/C13H21N3O2S.2ClH/c1-9-11(19-10(2)16-9)8-15-12(17)13(18-3)4-6-14-7-5-13;;/h14H,4-8H2,1-3H3,(H,15,17);2*1H. The van der Waals surface area contributed by atoms with E-state index in [2.05, 4.69) is 15.6 Å². The average molecular weight is 356 g/mol. The van der Waals surface area contributed by atoms with E-state index in [4.69, 9.17) is 4.74 Å². The van der Waals surface area contributed by atoms with Crippen molar-refractivity contribution in [2.75, 3.05) is 20.2 Å². The summed E-state index contributed by atoms with van der Waals surface area (Å²) in [5.74, 6) is -0.0121. The lowest BCUT2D eigenvalue weighted by atomic mass is 9.91. The number of aryl methyl sites for hydroxylation is 2. The highest BCUT2D eigenvalue weighted by Crippen LogP contribution is 2.23. The van der Waals surface area contributed by atoms with Crippen LogP contribution in [0.5, 0.6) is 0 Å². The Kier molecular flexibility index (Phi) is 8.73. The molecule has 0 saturated carbocycles. The van der Waals surface area contributed by atoms with Gasteiger partial charge in [0.15, 0.2) is 0 Å². The van der Waals surface area contributed by atoms with Gasteiger partial charge in [-0.05, 0) is 39.8 Å². The van der Waals surface area contributed by atoms with Crippen LogP contribution in [0, 0.1) is 13.8 Å². The Balaban J connectivity index is 0.00000200. The minimum absolute atomic E-state index is 0. The lowest BCUT2D eigenvalue weighted by molar-refractivity contribution is -0.146. The summed E-state index contributed by atoms with van der Waals surface area (Å²) in [7, 11) is 1.62. The van der Waals surface area contributed by atoms with Crippen molar-refractivity contribution in [1.82, 2.24) is 15.6 Å². The number of amides is 1. The Hall–Kier alpha value is -0.400. The molecule has 0 spiro atoms. The van der Waals surface area contributed by atoms with E-state index in [0.717, 1.165) is 41.5 Å². The molecule has 21 heavy (non-hydrogen) atoms. The highest BCUT2D eigenvalue weighted by atomic mass is 35.5. The van der Waals surface area contributed by atoms with Gasteiger partial charge in [-0.2, -0.15) is 0 Å². The van der Waals surface area contributed by atoms with Crippen LogP contribution in [0.25, 0.3) is 0 Å². The van der Waals surface area contributed by atoms with Crippen molar-refractivity contribution < 1.29 is 9.53 Å². The molecule has 0 aromatic carbocycles. The number of carbonyl (C=O) groups excluding carboxylic acids is 1. The minimum atomic E-state index is -0.668. The molecule has 122 valence electrons. The molecule has 0 unspecified atom stereocenters. The summed E-state index contributed by atoms with van der Waals surface area (Å²) in [6.07, 6.45) is 1.44. The maximum atomic E-state index is 12.4. The number of piperidine rings is 1. The smallest absolute Gasteiger partial charge is 0.252 e. The van der Waals surface area contributed by atoms with E-state index in [9.17, 15) is 4.79 Å². The first kappa shape index (κ1) is 20.6. The fourth-order valence-electron chi connectivity index (χ4n) is 2.41. The van der Waals surface area contributed by atoms with Crippen LogP contribution < -0.4 is 10.6 Å². The summed E-state index contributed by atoms with van der Waals surface area (Å²) in [5.41, 5.74) is 0.332. The topological polar surface area (TPSA) is 63.2 Å². The zero-order valence-electron chi connectivity index (χ0n) is 12.5. The summed E-state index contributed by atoms with van der Waals surface area (Å²) < 4.78 is 5.50. The number of aromatic nitrogens is 1. The zero-order valence-corrected chi connectivity index (χ0v) is 15.0. The predicted octanol–water partition coefficient (Wildman–Crippen LogP) is 1.99. The van der Waals surface area contributed by atoms with Crippen molar-refractivity contribution in [3.8, 4) is 0 Å². The lowest BCUT2D eigenvalue weighted by Crippen LogP contribution is -2.53. The molecule has 1 aromatic heterocycles. The van der Waals surface area contributed by atoms with Crippen molar-refractivity contribution in [2.45, 2.75) is 38.8 Å². The molecule has 2 N–H and O–H groups in total. The Morgan fingerprint density at radius 3 is 2.48 bits per heavy atom. The van der Waals surface area contributed by atoms with E-state index < -0.39 is 5.60 Å². The largest absolute Gasteiger partial charge is 0.368 e. The van der Waals surface area contributed by atoms with Crippen molar-refractivity contribution >= 4 is 42.1 Å². The Labute approximate surface area is 142 Å². The second-order valence-corrected chi connectivity index (χ2v) is 6.16. The molecular weight excluding hydrogens is 333 g/mol. The van der Waals surface area contributed by atoms with Crippen LogP contribution in [0.2, 0.25) is 0 Å². The monoisotopic (exact) mass is 355 g/mol. The van der Waals surface area contributed by atoms with Gasteiger partial charge in [-0.25, -0.2) is 4.98 Å². The van der Waals surface area contributed by atoms with E-state index in [1.807, 2.05) is 13.8 Å². The number of hydrogen-bond acceptors (Lipinski definition) is 5. The average Bonchev–Trinajstić information content (AvgIpc) is 2.75. The maximum absolute atomic E-state index is 12.4. The third kappa shape index (κ3) is 4.79. The summed E-state index contributed by atoms with van der Waals surface area (Å²) in [6.45, 7) is 6.13. The number of ether oxygens (including phenoxy) is 1. The Morgan fingerprint density at radius 2 is 2.00 bits per heavy atom. The molecule has 0 atom stereocenters. The predicted molar refractivity (Wildman–Crippen MR) is 89.8 cm³/mol. The minimum Gasteiger partial charge on any atom is -0.368 e. The molecule has 1 saturated heterocycles. The first-order chi connectivity index (χ1) is 9.07. The van der Waals surface area contributed by atoms with E-state index in [-0.39, 0.29) is 30.7 Å².